The van der Waals surface area contributed by atoms with Crippen molar-refractivity contribution in [2.45, 2.75) is 204 Å². The Morgan fingerprint density at radius 2 is 1.24 bits per heavy atom. The van der Waals surface area contributed by atoms with Crippen LogP contribution in [0.1, 0.15) is 214 Å². The highest BCUT2D eigenvalue weighted by Gasteiger charge is 2.24. The lowest BCUT2D eigenvalue weighted by molar-refractivity contribution is -0.113. The van der Waals surface area contributed by atoms with Gasteiger partial charge in [0.25, 0.3) is 0 Å². The second-order valence-electron chi connectivity index (χ2n) is 24.3. The molecule has 3 aromatic rings. The van der Waals surface area contributed by atoms with Gasteiger partial charge >= 0.3 is 0 Å². The van der Waals surface area contributed by atoms with Crippen LogP contribution in [0.4, 0.5) is 0 Å². The van der Waals surface area contributed by atoms with Crippen LogP contribution >= 0.6 is 0 Å². The number of carbonyl (C=O) groups excluding carboxylic acids is 1. The van der Waals surface area contributed by atoms with Gasteiger partial charge in [-0.15, -0.1) is 0 Å². The zero-order valence-corrected chi connectivity index (χ0v) is 48.3. The van der Waals surface area contributed by atoms with Crippen molar-refractivity contribution in [3.05, 3.63) is 212 Å². The Labute approximate surface area is 440 Å². The zero-order chi connectivity index (χ0) is 53.4. The van der Waals surface area contributed by atoms with Crippen molar-refractivity contribution in [2.75, 3.05) is 0 Å². The molecule has 0 aliphatic heterocycles. The number of hydrogen-bond acceptors (Lipinski definition) is 2. The molecule has 0 amide bonds. The molecule has 3 aromatic carbocycles. The lowest BCUT2D eigenvalue weighted by Crippen LogP contribution is -2.21. The molecular weight excluding hydrogens is 871 g/mol. The van der Waals surface area contributed by atoms with Gasteiger partial charge in [-0.25, -0.2) is 0 Å². The molecule has 5 rings (SSSR count). The number of ketones is 1. The molecule has 386 valence electrons. The number of unbranched alkanes of at least 4 members (excludes halogenated alkanes) is 1. The van der Waals surface area contributed by atoms with Gasteiger partial charge in [0.05, 0.1) is 5.70 Å². The van der Waals surface area contributed by atoms with Crippen LogP contribution in [-0.2, 0) is 39.4 Å². The number of Topliss-reactive ketones (excluding diaryl/α,β-unsaturated/α-hetero) is 1. The first kappa shape index (κ1) is 59.1. The summed E-state index contributed by atoms with van der Waals surface area (Å²) < 4.78 is 0. The third-order valence-electron chi connectivity index (χ3n) is 13.9. The van der Waals surface area contributed by atoms with Crippen LogP contribution in [0.3, 0.4) is 0 Å². The number of allylic oxidation sites excluding steroid dienone is 17. The van der Waals surface area contributed by atoms with E-state index in [9.17, 15) is 4.79 Å². The molecule has 0 spiro atoms. The van der Waals surface area contributed by atoms with Gasteiger partial charge in [-0.1, -0.05) is 256 Å². The molecule has 2 aliphatic rings. The molecule has 2 nitrogen and oxygen atoms in total. The van der Waals surface area contributed by atoms with Gasteiger partial charge in [0.1, 0.15) is 0 Å². The summed E-state index contributed by atoms with van der Waals surface area (Å²) in [5, 5.41) is 3.82. The smallest absolute Gasteiger partial charge is 0.162 e. The third-order valence-corrected chi connectivity index (χ3v) is 13.9. The first-order chi connectivity index (χ1) is 33.8. The minimum absolute atomic E-state index is 0.00324. The highest BCUT2D eigenvalue weighted by Crippen LogP contribution is 2.35. The van der Waals surface area contributed by atoms with Gasteiger partial charge in [-0.2, -0.15) is 0 Å². The summed E-state index contributed by atoms with van der Waals surface area (Å²) >= 11 is 0. The van der Waals surface area contributed by atoms with Gasteiger partial charge in [-0.3, -0.25) is 4.79 Å². The Balaban J connectivity index is 0.000000596. The van der Waals surface area contributed by atoms with Crippen molar-refractivity contribution in [1.82, 2.24) is 5.32 Å². The number of nitrogens with one attached hydrogen (secondary N) is 1. The largest absolute Gasteiger partial charge is 0.380 e. The van der Waals surface area contributed by atoms with Gasteiger partial charge in [0, 0.05) is 12.1 Å². The first-order valence-corrected chi connectivity index (χ1v) is 27.3. The minimum atomic E-state index is 0.00324. The quantitative estimate of drug-likeness (QED) is 0.108. The molecule has 0 bridgehead atoms. The van der Waals surface area contributed by atoms with Crippen molar-refractivity contribution in [2.24, 2.45) is 0 Å². The number of benzene rings is 3. The maximum absolute atomic E-state index is 14.0. The van der Waals surface area contributed by atoms with Crippen LogP contribution in [-0.4, -0.2) is 5.78 Å². The molecule has 0 saturated carbocycles. The number of aryl methyl sites for hydroxylation is 1. The minimum Gasteiger partial charge on any atom is -0.380 e. The maximum atomic E-state index is 14.0. The van der Waals surface area contributed by atoms with E-state index in [0.29, 0.717) is 12.1 Å². The molecular formula is C70H95NO. The molecule has 0 heterocycles. The molecule has 0 saturated heterocycles. The average Bonchev–Trinajstić information content (AvgIpc) is 3.33. The molecule has 0 fully saturated rings. The Kier molecular flexibility index (Phi) is 21.7. The predicted octanol–water partition coefficient (Wildman–Crippen LogP) is 19.7. The van der Waals surface area contributed by atoms with Crippen LogP contribution in [0.15, 0.2) is 167 Å². The summed E-state index contributed by atoms with van der Waals surface area (Å²) in [4.78, 5) is 14.0. The standard InChI is InChI=1S/C54H69NO.C16H26/c1-12-15-20-41(19-13-2)23-25-43-27-31-46(32-28-43)39(4)50(14-3)51(40(5)56)52(47-33-29-44(30-34-47)26-24-42-21-17-16-18-22-42)55-38-45-35-48(53(6,7)8)37-49(36-45)54(9,10)11;1-8-12-9-13(15(2,3)4)11-14(10-12)16(5,6)7/h14,17,20-27,29-31,33-37,55H,3,12-13,15-16,18-19,28,32,38H2,1-2,4-11H3;9-11H,8H2,1-7H3/b25-23+,26-24+,41-20+,50-39+,52-51-;. The summed E-state index contributed by atoms with van der Waals surface area (Å²) in [6, 6.07) is 22.7. The Bertz CT molecular complexity index is 2560. The highest BCUT2D eigenvalue weighted by molar-refractivity contribution is 6.06. The Morgan fingerprint density at radius 3 is 1.68 bits per heavy atom. The Hall–Kier alpha value is -5.47. The molecule has 0 unspecified atom stereocenters. The molecule has 0 radical (unpaired) electrons. The molecule has 2 aliphatic carbocycles. The molecule has 72 heavy (non-hydrogen) atoms. The maximum Gasteiger partial charge on any atom is 0.162 e. The van der Waals surface area contributed by atoms with Crippen LogP contribution in [0.25, 0.3) is 11.8 Å². The Morgan fingerprint density at radius 1 is 0.667 bits per heavy atom. The van der Waals surface area contributed by atoms with E-state index in [2.05, 4.69) is 244 Å². The molecule has 2 heteroatoms. The molecule has 1 N–H and O–H groups in total. The van der Waals surface area contributed by atoms with E-state index in [0.717, 1.165) is 79.3 Å². The number of carbonyl (C=O) groups is 1. The predicted molar refractivity (Wildman–Crippen MR) is 319 cm³/mol. The van der Waals surface area contributed by atoms with E-state index in [1.54, 1.807) is 6.92 Å². The molecule has 0 atom stereocenters. The van der Waals surface area contributed by atoms with E-state index in [-0.39, 0.29) is 27.4 Å². The lowest BCUT2D eigenvalue weighted by Gasteiger charge is -2.27. The van der Waals surface area contributed by atoms with Crippen molar-refractivity contribution in [1.29, 1.82) is 0 Å². The van der Waals surface area contributed by atoms with Crippen LogP contribution in [0.5, 0.6) is 0 Å². The summed E-state index contributed by atoms with van der Waals surface area (Å²) in [7, 11) is 0. The van der Waals surface area contributed by atoms with E-state index >= 15 is 0 Å². The number of hydrogen-bond donors (Lipinski definition) is 1. The first-order valence-electron chi connectivity index (χ1n) is 27.3. The normalized spacial score (nSPS) is 15.6. The van der Waals surface area contributed by atoms with Crippen molar-refractivity contribution < 1.29 is 4.79 Å². The van der Waals surface area contributed by atoms with E-state index in [1.807, 2.05) is 6.08 Å². The SMILES string of the molecule is C=CC(=C(/C)C1=CC=C(/C=C/C(=C/CCC)CCC)CC1)/C(C(C)=O)=C(\NCc1cc(C(C)(C)C)cc(C(C)(C)C)c1)c1ccc(/C=C/C2=CCCC=C2)cc1.CCc1cc(C(C)(C)C)cc(C(C)(C)C)c1. The van der Waals surface area contributed by atoms with Crippen molar-refractivity contribution in [3.8, 4) is 0 Å². The van der Waals surface area contributed by atoms with Gasteiger partial charge < -0.3 is 5.32 Å². The van der Waals surface area contributed by atoms with E-state index in [1.165, 1.54) is 62.1 Å². The van der Waals surface area contributed by atoms with Gasteiger partial charge in [0.15, 0.2) is 5.78 Å². The third kappa shape index (κ3) is 17.9. The molecule has 0 aromatic heterocycles. The monoisotopic (exact) mass is 966 g/mol. The zero-order valence-electron chi connectivity index (χ0n) is 48.3. The van der Waals surface area contributed by atoms with E-state index in [4.69, 9.17) is 0 Å². The highest BCUT2D eigenvalue weighted by atomic mass is 16.1. The van der Waals surface area contributed by atoms with Crippen molar-refractivity contribution >= 4 is 17.6 Å². The summed E-state index contributed by atoms with van der Waals surface area (Å²) in [6.45, 7) is 42.8. The summed E-state index contributed by atoms with van der Waals surface area (Å²) in [5.41, 5.74) is 19.5. The van der Waals surface area contributed by atoms with Crippen LogP contribution in [0.2, 0.25) is 0 Å². The second kappa shape index (κ2) is 26.5. The summed E-state index contributed by atoms with van der Waals surface area (Å²) in [6.07, 6.45) is 34.1. The van der Waals surface area contributed by atoms with Crippen molar-refractivity contribution in [3.63, 3.8) is 0 Å². The number of rotatable bonds is 17. The van der Waals surface area contributed by atoms with Crippen LogP contribution < -0.4 is 5.32 Å². The van der Waals surface area contributed by atoms with Gasteiger partial charge in [-0.05, 0) is 153 Å². The van der Waals surface area contributed by atoms with E-state index < -0.39 is 0 Å². The van der Waals surface area contributed by atoms with Crippen LogP contribution in [0, 0.1) is 0 Å². The lowest BCUT2D eigenvalue weighted by atomic mass is 9.79. The summed E-state index contributed by atoms with van der Waals surface area (Å²) in [5.74, 6) is 0.0125. The topological polar surface area (TPSA) is 29.1 Å². The average molecular weight is 967 g/mol. The van der Waals surface area contributed by atoms with Gasteiger partial charge in [0.2, 0.25) is 0 Å². The fourth-order valence-electron chi connectivity index (χ4n) is 8.96. The second-order valence-corrected chi connectivity index (χ2v) is 24.3. The fourth-order valence-corrected chi connectivity index (χ4v) is 8.96. The fraction of sp³-hybridized carbons (Fsp3) is 0.443.